The second kappa shape index (κ2) is 5.49. The number of rotatable bonds is 3. The molecule has 0 saturated carbocycles. The molecule has 20 heavy (non-hydrogen) atoms. The summed E-state index contributed by atoms with van der Waals surface area (Å²) in [4.78, 5) is 33.8. The van der Waals surface area contributed by atoms with E-state index in [2.05, 4.69) is 9.73 Å². The molecule has 1 aromatic carbocycles. The highest BCUT2D eigenvalue weighted by atomic mass is 19.4. The third-order valence-corrected chi connectivity index (χ3v) is 2.19. The predicted octanol–water partition coefficient (Wildman–Crippen LogP) is 2.37. The van der Waals surface area contributed by atoms with Crippen molar-refractivity contribution in [1.82, 2.24) is 0 Å². The lowest BCUT2D eigenvalue weighted by Crippen LogP contribution is -2.11. The number of carbonyl (C=O) groups is 1. The van der Waals surface area contributed by atoms with Crippen LogP contribution in [0.4, 0.5) is 24.5 Å². The van der Waals surface area contributed by atoms with Crippen molar-refractivity contribution in [1.29, 1.82) is 0 Å². The van der Waals surface area contributed by atoms with E-state index < -0.39 is 39.6 Å². The number of methoxy groups -OCH3 is 1. The molecule has 0 fully saturated rings. The second-order valence-corrected chi connectivity index (χ2v) is 3.34. The van der Waals surface area contributed by atoms with Gasteiger partial charge in [0, 0.05) is 6.07 Å². The van der Waals surface area contributed by atoms with Gasteiger partial charge in [-0.1, -0.05) is 0 Å². The zero-order valence-corrected chi connectivity index (χ0v) is 9.72. The predicted molar refractivity (Wildman–Crippen MR) is 57.2 cm³/mol. The molecule has 0 aliphatic carbocycles. The van der Waals surface area contributed by atoms with Crippen molar-refractivity contribution in [2.45, 2.75) is 6.18 Å². The Labute approximate surface area is 108 Å². The lowest BCUT2D eigenvalue weighted by Gasteiger charge is -2.10. The normalized spacial score (nSPS) is 10.6. The smallest absolute Gasteiger partial charge is 0.423 e. The van der Waals surface area contributed by atoms with Crippen LogP contribution in [0.25, 0.3) is 0 Å². The summed E-state index contributed by atoms with van der Waals surface area (Å²) >= 11 is 0. The lowest BCUT2D eigenvalue weighted by molar-refractivity contribution is -0.388. The van der Waals surface area contributed by atoms with Crippen molar-refractivity contribution in [3.05, 3.63) is 33.4 Å². The molecule has 0 heterocycles. The Morgan fingerprint density at radius 3 is 2.45 bits per heavy atom. The number of aliphatic imine (C=N–C) groups is 1. The molecule has 0 aliphatic heterocycles. The number of halogens is 3. The van der Waals surface area contributed by atoms with Gasteiger partial charge in [0.05, 0.1) is 23.3 Å². The van der Waals surface area contributed by atoms with Crippen LogP contribution in [-0.4, -0.2) is 24.1 Å². The lowest BCUT2D eigenvalue weighted by atomic mass is 10.1. The number of esters is 1. The third-order valence-electron chi connectivity index (χ3n) is 2.19. The van der Waals surface area contributed by atoms with Gasteiger partial charge in [0.25, 0.3) is 5.69 Å². The van der Waals surface area contributed by atoms with Crippen molar-refractivity contribution in [2.24, 2.45) is 4.99 Å². The molecular formula is C10H5F3N2O5. The molecule has 0 amide bonds. The van der Waals surface area contributed by atoms with E-state index in [0.717, 1.165) is 13.2 Å². The Balaban J connectivity index is 3.73. The molecule has 7 nitrogen and oxygen atoms in total. The molecule has 0 atom stereocenters. The van der Waals surface area contributed by atoms with Gasteiger partial charge in [-0.05, 0) is 6.07 Å². The number of ether oxygens (including phenoxy) is 1. The molecular weight excluding hydrogens is 285 g/mol. The van der Waals surface area contributed by atoms with E-state index in [1.54, 1.807) is 0 Å². The zero-order valence-electron chi connectivity index (χ0n) is 9.72. The van der Waals surface area contributed by atoms with Crippen LogP contribution < -0.4 is 0 Å². The van der Waals surface area contributed by atoms with Crippen LogP contribution in [0, 0.1) is 10.1 Å². The maximum atomic E-state index is 12.7. The summed E-state index contributed by atoms with van der Waals surface area (Å²) in [5.41, 5.74) is -4.34. The van der Waals surface area contributed by atoms with Gasteiger partial charge in [0.2, 0.25) is 6.08 Å². The minimum absolute atomic E-state index is 0.218. The SMILES string of the molecule is COC(=O)c1cc([N+](=O)[O-])c(C(F)(F)F)cc1N=C=O. The van der Waals surface area contributed by atoms with Gasteiger partial charge in [-0.2, -0.15) is 18.2 Å². The van der Waals surface area contributed by atoms with Crippen molar-refractivity contribution < 1.29 is 32.4 Å². The van der Waals surface area contributed by atoms with Gasteiger partial charge in [-0.25, -0.2) is 9.59 Å². The van der Waals surface area contributed by atoms with E-state index in [9.17, 15) is 32.9 Å². The Morgan fingerprint density at radius 1 is 1.45 bits per heavy atom. The molecule has 0 spiro atoms. The number of alkyl halides is 3. The summed E-state index contributed by atoms with van der Waals surface area (Å²) in [5.74, 6) is -1.17. The van der Waals surface area contributed by atoms with Crippen LogP contribution in [0.15, 0.2) is 17.1 Å². The first-order valence-corrected chi connectivity index (χ1v) is 4.78. The van der Waals surface area contributed by atoms with Gasteiger partial charge < -0.3 is 4.74 Å². The van der Waals surface area contributed by atoms with Crippen molar-refractivity contribution in [3.8, 4) is 0 Å². The number of nitro groups is 1. The Hall–Kier alpha value is -2.74. The largest absolute Gasteiger partial charge is 0.465 e. The average molecular weight is 290 g/mol. The molecule has 106 valence electrons. The minimum atomic E-state index is -5.05. The molecule has 0 aromatic heterocycles. The monoisotopic (exact) mass is 290 g/mol. The highest BCUT2D eigenvalue weighted by Crippen LogP contribution is 2.40. The number of nitro benzene ring substituents is 1. The standard InChI is InChI=1S/C10H5F3N2O5/c1-20-9(17)5-2-8(15(18)19)6(10(11,12)13)3-7(5)14-4-16/h2-3H,1H3. The molecule has 0 saturated heterocycles. The van der Waals surface area contributed by atoms with E-state index in [-0.39, 0.29) is 6.07 Å². The van der Waals surface area contributed by atoms with Gasteiger partial charge in [-0.3, -0.25) is 10.1 Å². The first-order valence-electron chi connectivity index (χ1n) is 4.78. The molecule has 0 aliphatic rings. The molecule has 0 N–H and O–H groups in total. The first kappa shape index (κ1) is 15.3. The van der Waals surface area contributed by atoms with E-state index in [1.165, 1.54) is 0 Å². The molecule has 0 unspecified atom stereocenters. The molecule has 1 rings (SSSR count). The van der Waals surface area contributed by atoms with Crippen LogP contribution in [0.1, 0.15) is 15.9 Å². The van der Waals surface area contributed by atoms with E-state index in [0.29, 0.717) is 6.07 Å². The summed E-state index contributed by atoms with van der Waals surface area (Å²) in [7, 11) is 0.917. The van der Waals surface area contributed by atoms with Crippen LogP contribution in [0.3, 0.4) is 0 Å². The number of hydrogen-bond donors (Lipinski definition) is 0. The van der Waals surface area contributed by atoms with Crippen LogP contribution in [0.5, 0.6) is 0 Å². The summed E-state index contributed by atoms with van der Waals surface area (Å²) < 4.78 is 42.3. The quantitative estimate of drug-likeness (QED) is 0.280. The molecule has 0 bridgehead atoms. The minimum Gasteiger partial charge on any atom is -0.465 e. The number of hydrogen-bond acceptors (Lipinski definition) is 6. The Morgan fingerprint density at radius 2 is 2.05 bits per heavy atom. The van der Waals surface area contributed by atoms with Gasteiger partial charge in [-0.15, -0.1) is 0 Å². The fraction of sp³-hybridized carbons (Fsp3) is 0.200. The molecule has 10 heteroatoms. The number of isocyanates is 1. The number of nitrogens with zero attached hydrogens (tertiary/aromatic N) is 2. The first-order chi connectivity index (χ1) is 9.22. The fourth-order valence-electron chi connectivity index (χ4n) is 1.37. The summed E-state index contributed by atoms with van der Waals surface area (Å²) in [6, 6.07) is 0.570. The van der Waals surface area contributed by atoms with Crippen LogP contribution in [0.2, 0.25) is 0 Å². The highest BCUT2D eigenvalue weighted by Gasteiger charge is 2.40. The summed E-state index contributed by atoms with van der Waals surface area (Å²) in [6.45, 7) is 0. The van der Waals surface area contributed by atoms with Crippen LogP contribution in [-0.2, 0) is 15.7 Å². The Bertz CT molecular complexity index is 620. The summed E-state index contributed by atoms with van der Waals surface area (Å²) in [6.07, 6.45) is -4.09. The fourth-order valence-corrected chi connectivity index (χ4v) is 1.37. The molecule has 0 radical (unpaired) electrons. The number of benzene rings is 1. The highest BCUT2D eigenvalue weighted by molar-refractivity contribution is 5.96. The maximum Gasteiger partial charge on any atom is 0.423 e. The zero-order chi connectivity index (χ0) is 15.5. The number of carbonyl (C=O) groups excluding carboxylic acids is 2. The van der Waals surface area contributed by atoms with Crippen molar-refractivity contribution in [3.63, 3.8) is 0 Å². The maximum absolute atomic E-state index is 12.7. The summed E-state index contributed by atoms with van der Waals surface area (Å²) in [5, 5.41) is 10.6. The second-order valence-electron chi connectivity index (χ2n) is 3.34. The average Bonchev–Trinajstić information content (AvgIpc) is 2.36. The molecule has 1 aromatic rings. The van der Waals surface area contributed by atoms with Crippen LogP contribution >= 0.6 is 0 Å². The van der Waals surface area contributed by atoms with Gasteiger partial charge in [0.15, 0.2) is 0 Å². The van der Waals surface area contributed by atoms with E-state index >= 15 is 0 Å². The Kier molecular flexibility index (Phi) is 4.21. The van der Waals surface area contributed by atoms with Crippen molar-refractivity contribution in [2.75, 3.05) is 7.11 Å². The van der Waals surface area contributed by atoms with Gasteiger partial charge in [0.1, 0.15) is 5.56 Å². The van der Waals surface area contributed by atoms with Gasteiger partial charge >= 0.3 is 12.1 Å². The van der Waals surface area contributed by atoms with E-state index in [1.807, 2.05) is 0 Å². The van der Waals surface area contributed by atoms with Crippen molar-refractivity contribution >= 4 is 23.4 Å². The topological polar surface area (TPSA) is 98.9 Å². The third kappa shape index (κ3) is 2.98. The van der Waals surface area contributed by atoms with E-state index in [4.69, 9.17) is 0 Å².